The Morgan fingerprint density at radius 2 is 1.63 bits per heavy atom. The number of carbonyl (C=O) groups excluding carboxylic acids is 1. The molecular weight excluding hydrogens is 392 g/mol. The molecule has 0 atom stereocenters. The third kappa shape index (κ3) is 3.67. The minimum absolute atomic E-state index is 0.0194. The van der Waals surface area contributed by atoms with Crippen LogP contribution >= 0.6 is 11.8 Å². The van der Waals surface area contributed by atoms with Gasteiger partial charge in [0.1, 0.15) is 0 Å². The van der Waals surface area contributed by atoms with Gasteiger partial charge in [0.15, 0.2) is 5.78 Å². The fourth-order valence-electron chi connectivity index (χ4n) is 4.21. The molecular formula is C24H24N4OS. The van der Waals surface area contributed by atoms with Crippen molar-refractivity contribution >= 4 is 23.5 Å². The molecule has 0 fully saturated rings. The fourth-order valence-corrected chi connectivity index (χ4v) is 5.29. The number of allylic oxidation sites excluding steroid dienone is 2. The Morgan fingerprint density at radius 3 is 2.27 bits per heavy atom. The molecule has 2 aliphatic rings. The molecule has 0 saturated heterocycles. The van der Waals surface area contributed by atoms with Gasteiger partial charge in [-0.05, 0) is 23.0 Å². The molecule has 3 aromatic rings. The lowest BCUT2D eigenvalue weighted by Gasteiger charge is -2.34. The first-order chi connectivity index (χ1) is 14.5. The van der Waals surface area contributed by atoms with Gasteiger partial charge in [-0.2, -0.15) is 4.98 Å². The second-order valence-corrected chi connectivity index (χ2v) is 9.79. The highest BCUT2D eigenvalue weighted by Crippen LogP contribution is 2.42. The number of aromatic nitrogens is 3. The van der Waals surface area contributed by atoms with E-state index in [1.54, 1.807) is 11.8 Å². The average Bonchev–Trinajstić information content (AvgIpc) is 3.13. The number of thioether (sulfide) groups is 1. The van der Waals surface area contributed by atoms with E-state index in [1.165, 1.54) is 11.1 Å². The molecule has 5 nitrogen and oxygen atoms in total. The summed E-state index contributed by atoms with van der Waals surface area (Å²) in [5.41, 5.74) is 4.27. The van der Waals surface area contributed by atoms with Crippen molar-refractivity contribution < 1.29 is 4.79 Å². The van der Waals surface area contributed by atoms with Crippen molar-refractivity contribution in [3.05, 3.63) is 83.1 Å². The van der Waals surface area contributed by atoms with Crippen LogP contribution in [-0.4, -0.2) is 20.5 Å². The zero-order valence-electron chi connectivity index (χ0n) is 17.1. The van der Waals surface area contributed by atoms with E-state index in [0.29, 0.717) is 18.1 Å². The predicted octanol–water partition coefficient (Wildman–Crippen LogP) is 5.23. The lowest BCUT2D eigenvalue weighted by Crippen LogP contribution is -2.33. The van der Waals surface area contributed by atoms with Gasteiger partial charge in [0, 0.05) is 17.7 Å². The molecule has 1 aliphatic heterocycles. The monoisotopic (exact) mass is 416 g/mol. The molecule has 1 aliphatic carbocycles. The lowest BCUT2D eigenvalue weighted by atomic mass is 9.75. The molecule has 1 aromatic heterocycles. The van der Waals surface area contributed by atoms with Crippen LogP contribution in [0.4, 0.5) is 5.95 Å². The zero-order valence-corrected chi connectivity index (χ0v) is 17.9. The van der Waals surface area contributed by atoms with E-state index in [-0.39, 0.29) is 16.4 Å². The number of carbonyl (C=O) groups is 1. The molecule has 2 heterocycles. The summed E-state index contributed by atoms with van der Waals surface area (Å²) >= 11 is 1.64. The summed E-state index contributed by atoms with van der Waals surface area (Å²) in [6, 6.07) is 20.9. The topological polar surface area (TPSA) is 59.8 Å². The van der Waals surface area contributed by atoms with E-state index in [1.807, 2.05) is 16.8 Å². The minimum atomic E-state index is -0.0194. The highest BCUT2D eigenvalue weighted by atomic mass is 32.2. The number of benzene rings is 2. The molecule has 0 radical (unpaired) electrons. The fraction of sp³-hybridized carbons (Fsp3) is 0.292. The number of Topliss-reactive ketones (excluding diaryl/α,β-unsaturated/α-hetero) is 1. The smallest absolute Gasteiger partial charge is 0.226 e. The van der Waals surface area contributed by atoms with Gasteiger partial charge in [0.2, 0.25) is 11.1 Å². The number of anilines is 1. The first-order valence-electron chi connectivity index (χ1n) is 10.2. The van der Waals surface area contributed by atoms with Crippen molar-refractivity contribution in [2.75, 3.05) is 5.32 Å². The van der Waals surface area contributed by atoms with E-state index in [2.05, 4.69) is 67.7 Å². The lowest BCUT2D eigenvalue weighted by molar-refractivity contribution is -0.118. The standard InChI is InChI=1S/C24H24N4OS/c1-24(2)13-19-18(20(29)14-24)15-28-22(25-19)26-23(27-28)30-21(16-9-5-3-6-10-16)17-11-7-4-8-12-17/h3-12,21H,13-15H2,1-2H3,(H,25,26,27). The summed E-state index contributed by atoms with van der Waals surface area (Å²) in [4.78, 5) is 17.4. The average molecular weight is 417 g/mol. The third-order valence-corrected chi connectivity index (χ3v) is 6.81. The van der Waals surface area contributed by atoms with Gasteiger partial charge in [0.25, 0.3) is 0 Å². The molecule has 30 heavy (non-hydrogen) atoms. The van der Waals surface area contributed by atoms with Crippen LogP contribution in [-0.2, 0) is 11.3 Å². The summed E-state index contributed by atoms with van der Waals surface area (Å²) in [6.45, 7) is 4.78. The quantitative estimate of drug-likeness (QED) is 0.590. The second-order valence-electron chi connectivity index (χ2n) is 8.72. The van der Waals surface area contributed by atoms with Crippen LogP contribution in [0, 0.1) is 5.41 Å². The van der Waals surface area contributed by atoms with Gasteiger partial charge in [-0.3, -0.25) is 4.79 Å². The third-order valence-electron chi connectivity index (χ3n) is 5.65. The van der Waals surface area contributed by atoms with Gasteiger partial charge < -0.3 is 5.32 Å². The first-order valence-corrected chi connectivity index (χ1v) is 11.1. The van der Waals surface area contributed by atoms with E-state index in [0.717, 1.165) is 23.6 Å². The molecule has 0 amide bonds. The van der Waals surface area contributed by atoms with Gasteiger partial charge in [-0.25, -0.2) is 4.68 Å². The molecule has 6 heteroatoms. The highest BCUT2D eigenvalue weighted by molar-refractivity contribution is 7.99. The summed E-state index contributed by atoms with van der Waals surface area (Å²) in [6.07, 6.45) is 1.45. The Kier molecular flexibility index (Phi) is 4.74. The van der Waals surface area contributed by atoms with Crippen molar-refractivity contribution in [1.82, 2.24) is 14.8 Å². The number of fused-ring (bicyclic) bond motifs is 1. The summed E-state index contributed by atoms with van der Waals surface area (Å²) in [5, 5.41) is 8.92. The molecule has 0 unspecified atom stereocenters. The molecule has 0 bridgehead atoms. The number of nitrogens with one attached hydrogen (secondary N) is 1. The minimum Gasteiger partial charge on any atom is -0.328 e. The van der Waals surface area contributed by atoms with Crippen molar-refractivity contribution in [1.29, 1.82) is 0 Å². The van der Waals surface area contributed by atoms with Gasteiger partial charge in [0.05, 0.1) is 11.8 Å². The number of hydrogen-bond acceptors (Lipinski definition) is 5. The van der Waals surface area contributed by atoms with E-state index in [4.69, 9.17) is 10.1 Å². The van der Waals surface area contributed by atoms with Crippen molar-refractivity contribution in [3.8, 4) is 0 Å². The Labute approximate surface area is 180 Å². The Morgan fingerprint density at radius 1 is 1.00 bits per heavy atom. The molecule has 5 rings (SSSR count). The number of hydrogen-bond donors (Lipinski definition) is 1. The van der Waals surface area contributed by atoms with Gasteiger partial charge >= 0.3 is 0 Å². The molecule has 0 saturated carbocycles. The van der Waals surface area contributed by atoms with E-state index in [9.17, 15) is 4.79 Å². The van der Waals surface area contributed by atoms with E-state index < -0.39 is 0 Å². The Bertz CT molecular complexity index is 1080. The first kappa shape index (κ1) is 19.1. The van der Waals surface area contributed by atoms with Crippen LogP contribution in [0.2, 0.25) is 0 Å². The van der Waals surface area contributed by atoms with Crippen molar-refractivity contribution in [2.45, 2.75) is 43.6 Å². The summed E-state index contributed by atoms with van der Waals surface area (Å²) < 4.78 is 1.82. The van der Waals surface area contributed by atoms with Crippen LogP contribution < -0.4 is 5.32 Å². The van der Waals surface area contributed by atoms with Crippen LogP contribution in [0.1, 0.15) is 43.1 Å². The number of nitrogens with zero attached hydrogens (tertiary/aromatic N) is 3. The van der Waals surface area contributed by atoms with Crippen molar-refractivity contribution in [2.24, 2.45) is 5.41 Å². The molecule has 0 spiro atoms. The van der Waals surface area contributed by atoms with Crippen LogP contribution in [0.5, 0.6) is 0 Å². The Hall–Kier alpha value is -2.86. The summed E-state index contributed by atoms with van der Waals surface area (Å²) in [7, 11) is 0. The second kappa shape index (κ2) is 7.43. The zero-order chi connectivity index (χ0) is 20.7. The Balaban J connectivity index is 1.44. The highest BCUT2D eigenvalue weighted by Gasteiger charge is 2.36. The van der Waals surface area contributed by atoms with Gasteiger partial charge in [-0.1, -0.05) is 86.3 Å². The normalized spacial score (nSPS) is 17.5. The van der Waals surface area contributed by atoms with Gasteiger partial charge in [-0.15, -0.1) is 5.10 Å². The summed E-state index contributed by atoms with van der Waals surface area (Å²) in [5.74, 6) is 0.942. The number of rotatable bonds is 4. The van der Waals surface area contributed by atoms with E-state index >= 15 is 0 Å². The van der Waals surface area contributed by atoms with Crippen LogP contribution in [0.3, 0.4) is 0 Å². The molecule has 2 aromatic carbocycles. The maximum Gasteiger partial charge on any atom is 0.226 e. The SMILES string of the molecule is CC1(C)CC(=O)C2=C(C1)Nc1nc(SC(c3ccccc3)c3ccccc3)nn1C2. The van der Waals surface area contributed by atoms with Crippen LogP contribution in [0.25, 0.3) is 0 Å². The largest absolute Gasteiger partial charge is 0.328 e. The maximum atomic E-state index is 12.6. The number of ketones is 1. The van der Waals surface area contributed by atoms with Crippen molar-refractivity contribution in [3.63, 3.8) is 0 Å². The van der Waals surface area contributed by atoms with Crippen LogP contribution in [0.15, 0.2) is 77.1 Å². The maximum absolute atomic E-state index is 12.6. The predicted molar refractivity (Wildman–Crippen MR) is 119 cm³/mol. The molecule has 1 N–H and O–H groups in total. The molecule has 152 valence electrons.